The van der Waals surface area contributed by atoms with Crippen molar-refractivity contribution in [1.29, 1.82) is 0 Å². The fourth-order valence-corrected chi connectivity index (χ4v) is 5.94. The van der Waals surface area contributed by atoms with Gasteiger partial charge in [-0.1, -0.05) is 30.3 Å². The Balaban J connectivity index is 1.27. The minimum Gasteiger partial charge on any atom is -0.507 e. The minimum absolute atomic E-state index is 0.0150. The molecule has 11 nitrogen and oxygen atoms in total. The average Bonchev–Trinajstić information content (AvgIpc) is 3.59. The van der Waals surface area contributed by atoms with E-state index in [1.165, 1.54) is 11.6 Å². The van der Waals surface area contributed by atoms with Crippen LogP contribution >= 0.6 is 0 Å². The maximum atomic E-state index is 13.0. The van der Waals surface area contributed by atoms with Crippen molar-refractivity contribution in [2.75, 3.05) is 45.1 Å². The minimum atomic E-state index is -0.271. The first-order chi connectivity index (χ1) is 21.3. The van der Waals surface area contributed by atoms with Crippen molar-refractivity contribution in [3.05, 3.63) is 83.4 Å². The Bertz CT molecular complexity index is 1790. The lowest BCUT2D eigenvalue weighted by molar-refractivity contribution is 0.0884. The number of anilines is 2. The lowest BCUT2D eigenvalue weighted by Gasteiger charge is -2.38. The molecule has 1 saturated heterocycles. The van der Waals surface area contributed by atoms with Crippen LogP contribution in [0, 0.1) is 13.8 Å². The Hall–Kier alpha value is -4.74. The number of aromatic hydroxyl groups is 1. The van der Waals surface area contributed by atoms with Crippen molar-refractivity contribution in [3.63, 3.8) is 0 Å². The average molecular weight is 594 g/mol. The van der Waals surface area contributed by atoms with Gasteiger partial charge in [0.05, 0.1) is 22.6 Å². The van der Waals surface area contributed by atoms with Crippen molar-refractivity contribution < 1.29 is 9.90 Å². The summed E-state index contributed by atoms with van der Waals surface area (Å²) in [6.45, 7) is 8.23. The van der Waals surface area contributed by atoms with Crippen molar-refractivity contribution in [2.24, 2.45) is 7.05 Å². The Labute approximate surface area is 256 Å². The molecule has 44 heavy (non-hydrogen) atoms. The van der Waals surface area contributed by atoms with Gasteiger partial charge in [0.1, 0.15) is 5.75 Å². The SMILES string of the molecule is Cc1cnc(Nc2cn(C)nc2C)nc1-c1c[nH]c2c(C[C@@H](CNC(=O)c3ccccc3O)N3CCN(C)CC3)cccc12. The number of para-hydroxylation sites is 2. The number of benzene rings is 2. The third kappa shape index (κ3) is 6.15. The largest absolute Gasteiger partial charge is 0.507 e. The first kappa shape index (κ1) is 29.3. The Morgan fingerprint density at radius 2 is 1.86 bits per heavy atom. The van der Waals surface area contributed by atoms with Crippen LogP contribution < -0.4 is 10.6 Å². The van der Waals surface area contributed by atoms with Gasteiger partial charge >= 0.3 is 0 Å². The van der Waals surface area contributed by atoms with Gasteiger partial charge in [-0.2, -0.15) is 5.10 Å². The number of nitrogens with one attached hydrogen (secondary N) is 3. The van der Waals surface area contributed by atoms with Crippen LogP contribution in [0.3, 0.4) is 0 Å². The molecule has 228 valence electrons. The number of aryl methyl sites for hydroxylation is 3. The molecule has 11 heteroatoms. The molecule has 1 aliphatic heterocycles. The van der Waals surface area contributed by atoms with E-state index >= 15 is 0 Å². The summed E-state index contributed by atoms with van der Waals surface area (Å²) < 4.78 is 1.76. The van der Waals surface area contributed by atoms with Crippen LogP contribution in [0.1, 0.15) is 27.2 Å². The van der Waals surface area contributed by atoms with Crippen LogP contribution in [0.4, 0.5) is 11.6 Å². The second-order valence-corrected chi connectivity index (χ2v) is 11.6. The highest BCUT2D eigenvalue weighted by Gasteiger charge is 2.25. The van der Waals surface area contributed by atoms with Gasteiger partial charge in [-0.3, -0.25) is 14.4 Å². The second-order valence-electron chi connectivity index (χ2n) is 11.6. The van der Waals surface area contributed by atoms with E-state index in [1.54, 1.807) is 22.9 Å². The molecule has 4 heterocycles. The lowest BCUT2D eigenvalue weighted by atomic mass is 9.99. The molecule has 2 aromatic carbocycles. The molecular formula is C33H39N9O2. The molecule has 1 aliphatic rings. The van der Waals surface area contributed by atoms with Gasteiger partial charge in [0.25, 0.3) is 5.91 Å². The highest BCUT2D eigenvalue weighted by atomic mass is 16.3. The third-order valence-electron chi connectivity index (χ3n) is 8.45. The van der Waals surface area contributed by atoms with Gasteiger partial charge in [-0.25, -0.2) is 9.97 Å². The zero-order valence-corrected chi connectivity index (χ0v) is 25.6. The molecule has 0 bridgehead atoms. The van der Waals surface area contributed by atoms with E-state index in [1.807, 2.05) is 39.5 Å². The standard InChI is InChI=1S/C33H39N9O2/c1-21-17-36-33(37-28-20-41(4)39-22(28)2)38-30(21)27-19-34-31-23(8-7-10-25(27)31)16-24(42-14-12-40(3)13-15-42)18-35-32(44)26-9-5-6-11-29(26)43/h5-11,17,19-20,24,34,43H,12-16,18H2,1-4H3,(H,35,44)(H,36,37,38)/t24-/m0/s1. The number of likely N-dealkylation sites (N-methyl/N-ethyl adjacent to an activating group) is 1. The highest BCUT2D eigenvalue weighted by Crippen LogP contribution is 2.32. The number of fused-ring (bicyclic) bond motifs is 1. The van der Waals surface area contributed by atoms with Gasteiger partial charge in [0.15, 0.2) is 0 Å². The van der Waals surface area contributed by atoms with E-state index in [4.69, 9.17) is 4.98 Å². The van der Waals surface area contributed by atoms with Crippen molar-refractivity contribution in [2.45, 2.75) is 26.3 Å². The third-order valence-corrected chi connectivity index (χ3v) is 8.45. The van der Waals surface area contributed by atoms with E-state index < -0.39 is 0 Å². The summed E-state index contributed by atoms with van der Waals surface area (Å²) in [7, 11) is 4.03. The summed E-state index contributed by atoms with van der Waals surface area (Å²) in [6, 6.07) is 13.1. The summed E-state index contributed by atoms with van der Waals surface area (Å²) in [6.07, 6.45) is 6.53. The number of hydrogen-bond acceptors (Lipinski definition) is 8. The number of amides is 1. The first-order valence-corrected chi connectivity index (χ1v) is 15.0. The molecule has 1 amide bonds. The van der Waals surface area contributed by atoms with E-state index in [0.29, 0.717) is 12.5 Å². The zero-order valence-electron chi connectivity index (χ0n) is 25.6. The van der Waals surface area contributed by atoms with E-state index in [0.717, 1.165) is 71.7 Å². The molecule has 1 fully saturated rings. The van der Waals surface area contributed by atoms with Crippen molar-refractivity contribution in [1.82, 2.24) is 39.8 Å². The molecule has 0 unspecified atom stereocenters. The number of phenolic OH excluding ortho intramolecular Hbond substituents is 1. The topological polar surface area (TPSA) is 127 Å². The lowest BCUT2D eigenvalue weighted by Crippen LogP contribution is -2.53. The molecule has 5 aromatic rings. The number of rotatable bonds is 9. The molecule has 1 atom stereocenters. The van der Waals surface area contributed by atoms with Crippen molar-refractivity contribution in [3.8, 4) is 17.0 Å². The number of phenols is 1. The maximum Gasteiger partial charge on any atom is 0.255 e. The predicted octanol–water partition coefficient (Wildman–Crippen LogP) is 4.01. The van der Waals surface area contributed by atoms with Crippen LogP contribution in [0.15, 0.2) is 61.1 Å². The molecule has 3 aromatic heterocycles. The highest BCUT2D eigenvalue weighted by molar-refractivity contribution is 5.97. The van der Waals surface area contributed by atoms with Gasteiger partial charge in [-0.15, -0.1) is 0 Å². The van der Waals surface area contributed by atoms with E-state index in [-0.39, 0.29) is 23.3 Å². The number of nitrogens with zero attached hydrogens (tertiary/aromatic N) is 6. The molecule has 4 N–H and O–H groups in total. The molecule has 0 aliphatic carbocycles. The number of carbonyl (C=O) groups is 1. The van der Waals surface area contributed by atoms with Gasteiger partial charge < -0.3 is 25.6 Å². The number of H-pyrrole nitrogens is 1. The van der Waals surface area contributed by atoms with Gasteiger partial charge in [-0.05, 0) is 50.6 Å². The summed E-state index contributed by atoms with van der Waals surface area (Å²) in [4.78, 5) is 30.8. The smallest absolute Gasteiger partial charge is 0.255 e. The number of hydrogen-bond donors (Lipinski definition) is 4. The van der Waals surface area contributed by atoms with E-state index in [9.17, 15) is 9.90 Å². The van der Waals surface area contributed by atoms with E-state index in [2.05, 4.69) is 60.7 Å². The molecule has 6 rings (SSSR count). The monoisotopic (exact) mass is 593 g/mol. The fraction of sp³-hybridized carbons (Fsp3) is 0.333. The second kappa shape index (κ2) is 12.5. The first-order valence-electron chi connectivity index (χ1n) is 15.0. The van der Waals surface area contributed by atoms with Crippen LogP contribution in [-0.2, 0) is 13.5 Å². The van der Waals surface area contributed by atoms with Gasteiger partial charge in [0.2, 0.25) is 5.95 Å². The summed E-state index contributed by atoms with van der Waals surface area (Å²) in [5.74, 6) is 0.231. The van der Waals surface area contributed by atoms with Crippen LogP contribution in [0.2, 0.25) is 0 Å². The molecule has 0 saturated carbocycles. The number of aromatic nitrogens is 5. The summed E-state index contributed by atoms with van der Waals surface area (Å²) >= 11 is 0. The molecule has 0 spiro atoms. The Kier molecular flexibility index (Phi) is 8.32. The predicted molar refractivity (Wildman–Crippen MR) is 172 cm³/mol. The summed E-state index contributed by atoms with van der Waals surface area (Å²) in [5.41, 5.74) is 7.11. The zero-order chi connectivity index (χ0) is 30.8. The van der Waals surface area contributed by atoms with Crippen LogP contribution in [-0.4, -0.2) is 91.4 Å². The number of aromatic amines is 1. The van der Waals surface area contributed by atoms with Crippen LogP contribution in [0.5, 0.6) is 5.75 Å². The number of piperazine rings is 1. The normalized spacial score (nSPS) is 15.0. The number of carbonyl (C=O) groups excluding carboxylic acids is 1. The van der Waals surface area contributed by atoms with Crippen molar-refractivity contribution >= 4 is 28.4 Å². The Morgan fingerprint density at radius 3 is 2.61 bits per heavy atom. The van der Waals surface area contributed by atoms with Crippen LogP contribution in [0.25, 0.3) is 22.2 Å². The summed E-state index contributed by atoms with van der Waals surface area (Å²) in [5, 5.41) is 22.1. The fourth-order valence-electron chi connectivity index (χ4n) is 5.94. The quantitative estimate of drug-likeness (QED) is 0.202. The molecule has 0 radical (unpaired) electrons. The molecular weight excluding hydrogens is 554 g/mol. The van der Waals surface area contributed by atoms with Gasteiger partial charge in [0, 0.05) is 80.9 Å². The maximum absolute atomic E-state index is 13.0. The Morgan fingerprint density at radius 1 is 1.07 bits per heavy atom.